The van der Waals surface area contributed by atoms with Crippen LogP contribution in [-0.2, 0) is 4.74 Å². The quantitative estimate of drug-likeness (QED) is 0.777. The second-order valence-corrected chi connectivity index (χ2v) is 5.07. The minimum Gasteiger partial charge on any atom is -0.473 e. The van der Waals surface area contributed by atoms with E-state index < -0.39 is 0 Å². The van der Waals surface area contributed by atoms with E-state index in [-0.39, 0.29) is 12.8 Å². The molecule has 1 saturated heterocycles. The molecule has 1 fully saturated rings. The van der Waals surface area contributed by atoms with Crippen molar-refractivity contribution in [2.45, 2.75) is 0 Å². The van der Waals surface area contributed by atoms with Gasteiger partial charge in [-0.3, -0.25) is 4.90 Å². The lowest BCUT2D eigenvalue weighted by molar-refractivity contribution is 0.0387. The number of hydrogen-bond acceptors (Lipinski definition) is 4. The average Bonchev–Trinajstić information content (AvgIpc) is 2.50. The van der Waals surface area contributed by atoms with Crippen LogP contribution in [0, 0.1) is 0 Å². The summed E-state index contributed by atoms with van der Waals surface area (Å²) < 4.78 is 10.6. The van der Waals surface area contributed by atoms with Gasteiger partial charge in [0.25, 0.3) is 0 Å². The molecule has 1 aromatic rings. The maximum absolute atomic E-state index is 11.6. The highest BCUT2D eigenvalue weighted by molar-refractivity contribution is 6.30. The van der Waals surface area contributed by atoms with Gasteiger partial charge < -0.3 is 20.1 Å². The number of ether oxygens (including phenoxy) is 2. The van der Waals surface area contributed by atoms with E-state index in [4.69, 9.17) is 21.1 Å². The van der Waals surface area contributed by atoms with Crippen LogP contribution < -0.4 is 15.4 Å². The molecule has 2 N–H and O–H groups in total. The SMILES string of the molecule is O=C(NCCN1CCOCC1)NCOc1ccc(Cl)cc1. The molecular weight excluding hydrogens is 294 g/mol. The van der Waals surface area contributed by atoms with Crippen molar-refractivity contribution in [3.8, 4) is 5.75 Å². The number of urea groups is 1. The van der Waals surface area contributed by atoms with Crippen LogP contribution in [0.2, 0.25) is 5.02 Å². The molecule has 6 nitrogen and oxygen atoms in total. The lowest BCUT2D eigenvalue weighted by Gasteiger charge is -2.26. The summed E-state index contributed by atoms with van der Waals surface area (Å²) in [5.41, 5.74) is 0. The van der Waals surface area contributed by atoms with E-state index in [1.165, 1.54) is 0 Å². The van der Waals surface area contributed by atoms with Gasteiger partial charge >= 0.3 is 6.03 Å². The van der Waals surface area contributed by atoms with Crippen LogP contribution in [0.5, 0.6) is 5.75 Å². The number of nitrogens with zero attached hydrogens (tertiary/aromatic N) is 1. The second kappa shape index (κ2) is 8.71. The van der Waals surface area contributed by atoms with Gasteiger partial charge in [0.2, 0.25) is 0 Å². The summed E-state index contributed by atoms with van der Waals surface area (Å²) in [4.78, 5) is 13.8. The fourth-order valence-electron chi connectivity index (χ4n) is 1.93. The predicted molar refractivity (Wildman–Crippen MR) is 80.7 cm³/mol. The highest BCUT2D eigenvalue weighted by Crippen LogP contribution is 2.14. The van der Waals surface area contributed by atoms with Gasteiger partial charge in [0.15, 0.2) is 6.73 Å². The number of morpholine rings is 1. The van der Waals surface area contributed by atoms with E-state index in [0.717, 1.165) is 32.8 Å². The summed E-state index contributed by atoms with van der Waals surface area (Å²) in [6.07, 6.45) is 0. The van der Waals surface area contributed by atoms with Gasteiger partial charge in [-0.05, 0) is 24.3 Å². The number of rotatable bonds is 6. The Labute approximate surface area is 129 Å². The molecule has 0 unspecified atom stereocenters. The number of carbonyl (C=O) groups is 1. The molecule has 0 spiro atoms. The molecule has 0 saturated carbocycles. The van der Waals surface area contributed by atoms with Crippen LogP contribution in [0.3, 0.4) is 0 Å². The molecule has 1 aliphatic rings. The van der Waals surface area contributed by atoms with Gasteiger partial charge in [-0.1, -0.05) is 11.6 Å². The van der Waals surface area contributed by atoms with E-state index in [0.29, 0.717) is 17.3 Å². The van der Waals surface area contributed by atoms with Crippen molar-refractivity contribution in [3.05, 3.63) is 29.3 Å². The monoisotopic (exact) mass is 313 g/mol. The molecule has 1 aromatic carbocycles. The number of benzene rings is 1. The first-order valence-electron chi connectivity index (χ1n) is 6.94. The van der Waals surface area contributed by atoms with Crippen molar-refractivity contribution < 1.29 is 14.3 Å². The van der Waals surface area contributed by atoms with Crippen molar-refractivity contribution in [2.75, 3.05) is 46.1 Å². The van der Waals surface area contributed by atoms with Crippen molar-refractivity contribution in [1.82, 2.24) is 15.5 Å². The van der Waals surface area contributed by atoms with Crippen LogP contribution in [-0.4, -0.2) is 57.1 Å². The molecular formula is C14H20ClN3O3. The summed E-state index contributed by atoms with van der Waals surface area (Å²) in [6, 6.07) is 6.73. The molecule has 0 bridgehead atoms. The number of halogens is 1. The molecule has 116 valence electrons. The van der Waals surface area contributed by atoms with Gasteiger partial charge in [0.1, 0.15) is 5.75 Å². The Morgan fingerprint density at radius 2 is 1.95 bits per heavy atom. The van der Waals surface area contributed by atoms with Crippen molar-refractivity contribution in [1.29, 1.82) is 0 Å². The molecule has 2 rings (SSSR count). The summed E-state index contributed by atoms with van der Waals surface area (Å²) in [7, 11) is 0. The summed E-state index contributed by atoms with van der Waals surface area (Å²) >= 11 is 5.77. The zero-order valence-electron chi connectivity index (χ0n) is 11.8. The van der Waals surface area contributed by atoms with Gasteiger partial charge in [-0.25, -0.2) is 4.79 Å². The average molecular weight is 314 g/mol. The molecule has 1 aliphatic heterocycles. The molecule has 7 heteroatoms. The van der Waals surface area contributed by atoms with E-state index in [9.17, 15) is 4.79 Å². The summed E-state index contributed by atoms with van der Waals surface area (Å²) in [5, 5.41) is 6.08. The standard InChI is InChI=1S/C14H20ClN3O3/c15-12-1-3-13(4-2-12)21-11-17-14(19)16-5-6-18-7-9-20-10-8-18/h1-4H,5-11H2,(H2,16,17,19). The van der Waals surface area contributed by atoms with E-state index >= 15 is 0 Å². The first kappa shape index (κ1) is 15.9. The maximum Gasteiger partial charge on any atom is 0.317 e. The van der Waals surface area contributed by atoms with Crippen LogP contribution in [0.15, 0.2) is 24.3 Å². The molecule has 0 radical (unpaired) electrons. The molecule has 21 heavy (non-hydrogen) atoms. The molecule has 0 aromatic heterocycles. The Morgan fingerprint density at radius 3 is 2.67 bits per heavy atom. The highest BCUT2D eigenvalue weighted by atomic mass is 35.5. The number of nitrogens with one attached hydrogen (secondary N) is 2. The molecule has 2 amide bonds. The third kappa shape index (κ3) is 6.20. The number of hydrogen-bond donors (Lipinski definition) is 2. The number of amides is 2. The summed E-state index contributed by atoms with van der Waals surface area (Å²) in [6.45, 7) is 4.92. The fraction of sp³-hybridized carbons (Fsp3) is 0.500. The Hall–Kier alpha value is -1.50. The predicted octanol–water partition coefficient (Wildman–Crippen LogP) is 1.31. The van der Waals surface area contributed by atoms with Crippen LogP contribution >= 0.6 is 11.6 Å². The largest absolute Gasteiger partial charge is 0.473 e. The topological polar surface area (TPSA) is 62.8 Å². The van der Waals surface area contributed by atoms with Crippen LogP contribution in [0.1, 0.15) is 0 Å². The zero-order chi connectivity index (χ0) is 14.9. The Morgan fingerprint density at radius 1 is 1.24 bits per heavy atom. The van der Waals surface area contributed by atoms with Crippen molar-refractivity contribution in [3.63, 3.8) is 0 Å². The highest BCUT2D eigenvalue weighted by Gasteiger charge is 2.09. The van der Waals surface area contributed by atoms with Crippen molar-refractivity contribution in [2.24, 2.45) is 0 Å². The second-order valence-electron chi connectivity index (χ2n) is 4.63. The minimum atomic E-state index is -0.239. The number of carbonyl (C=O) groups excluding carboxylic acids is 1. The van der Waals surface area contributed by atoms with Gasteiger partial charge in [0, 0.05) is 31.2 Å². The lowest BCUT2D eigenvalue weighted by Crippen LogP contribution is -2.44. The molecule has 0 aliphatic carbocycles. The smallest absolute Gasteiger partial charge is 0.317 e. The van der Waals surface area contributed by atoms with Crippen LogP contribution in [0.4, 0.5) is 4.79 Å². The van der Waals surface area contributed by atoms with E-state index in [2.05, 4.69) is 15.5 Å². The third-order valence-electron chi connectivity index (χ3n) is 3.10. The van der Waals surface area contributed by atoms with Gasteiger partial charge in [0.05, 0.1) is 13.2 Å². The lowest BCUT2D eigenvalue weighted by atomic mass is 10.3. The first-order valence-corrected chi connectivity index (χ1v) is 7.32. The molecule has 1 heterocycles. The zero-order valence-corrected chi connectivity index (χ0v) is 12.6. The van der Waals surface area contributed by atoms with Crippen molar-refractivity contribution >= 4 is 17.6 Å². The Kier molecular flexibility index (Phi) is 6.59. The van der Waals surface area contributed by atoms with Gasteiger partial charge in [-0.15, -0.1) is 0 Å². The Balaban J connectivity index is 1.54. The summed E-state index contributed by atoms with van der Waals surface area (Å²) in [5.74, 6) is 0.660. The maximum atomic E-state index is 11.6. The first-order chi connectivity index (χ1) is 10.2. The normalized spacial score (nSPS) is 15.5. The Bertz CT molecular complexity index is 436. The van der Waals surface area contributed by atoms with E-state index in [1.54, 1.807) is 24.3 Å². The minimum absolute atomic E-state index is 0.116. The van der Waals surface area contributed by atoms with Crippen LogP contribution in [0.25, 0.3) is 0 Å². The van der Waals surface area contributed by atoms with Gasteiger partial charge in [-0.2, -0.15) is 0 Å². The molecule has 0 atom stereocenters. The fourth-order valence-corrected chi connectivity index (χ4v) is 2.06. The third-order valence-corrected chi connectivity index (χ3v) is 3.35. The van der Waals surface area contributed by atoms with E-state index in [1.807, 2.05) is 0 Å².